The molecule has 0 unspecified atom stereocenters. The van der Waals surface area contributed by atoms with Crippen LogP contribution in [0.3, 0.4) is 0 Å². The van der Waals surface area contributed by atoms with Crippen molar-refractivity contribution in [2.75, 3.05) is 11.5 Å². The van der Waals surface area contributed by atoms with Crippen molar-refractivity contribution in [1.82, 2.24) is 4.98 Å². The molecule has 0 saturated heterocycles. The van der Waals surface area contributed by atoms with Crippen LogP contribution in [0.5, 0.6) is 0 Å². The molecule has 4 N–H and O–H groups in total. The number of pyridine rings is 1. The molecular weight excluding hydrogens is 398 g/mol. The summed E-state index contributed by atoms with van der Waals surface area (Å²) < 4.78 is 1.05. The van der Waals surface area contributed by atoms with E-state index in [2.05, 4.69) is 40.2 Å². The molecule has 4 aromatic rings. The van der Waals surface area contributed by atoms with Crippen molar-refractivity contribution < 1.29 is 0 Å². The number of anilines is 2. The Labute approximate surface area is 166 Å². The summed E-state index contributed by atoms with van der Waals surface area (Å²) in [7, 11) is 0. The maximum absolute atomic E-state index is 5.84. The average molecular weight is 416 g/mol. The first kappa shape index (κ1) is 17.3. The summed E-state index contributed by atoms with van der Waals surface area (Å²) in [5.74, 6) is 0. The SMILES string of the molecule is Nc1ccc(-c2cc(-c3ccc(Br)cc3)cc(-c3ccc(N)cc3)n2)cc1. The molecule has 0 amide bonds. The summed E-state index contributed by atoms with van der Waals surface area (Å²) in [4.78, 5) is 4.89. The van der Waals surface area contributed by atoms with Gasteiger partial charge in [0.2, 0.25) is 0 Å². The van der Waals surface area contributed by atoms with Crippen LogP contribution in [0.15, 0.2) is 89.4 Å². The predicted molar refractivity (Wildman–Crippen MR) is 117 cm³/mol. The first-order chi connectivity index (χ1) is 13.1. The van der Waals surface area contributed by atoms with Gasteiger partial charge in [-0.3, -0.25) is 0 Å². The minimum absolute atomic E-state index is 0.738. The van der Waals surface area contributed by atoms with Crippen LogP contribution in [0.2, 0.25) is 0 Å². The van der Waals surface area contributed by atoms with Gasteiger partial charge in [-0.1, -0.05) is 52.3 Å². The molecule has 4 heteroatoms. The van der Waals surface area contributed by atoms with Gasteiger partial charge in [-0.2, -0.15) is 0 Å². The minimum Gasteiger partial charge on any atom is -0.399 e. The van der Waals surface area contributed by atoms with Crippen LogP contribution in [0.1, 0.15) is 0 Å². The quantitative estimate of drug-likeness (QED) is 0.402. The Morgan fingerprint density at radius 1 is 0.519 bits per heavy atom. The van der Waals surface area contributed by atoms with Gasteiger partial charge in [-0.25, -0.2) is 4.98 Å². The largest absolute Gasteiger partial charge is 0.399 e. The van der Waals surface area contributed by atoms with Crippen molar-refractivity contribution in [1.29, 1.82) is 0 Å². The highest BCUT2D eigenvalue weighted by Gasteiger charge is 2.09. The summed E-state index contributed by atoms with van der Waals surface area (Å²) in [5.41, 5.74) is 19.3. The van der Waals surface area contributed by atoms with Crippen LogP contribution in [-0.4, -0.2) is 4.98 Å². The number of hydrogen-bond donors (Lipinski definition) is 2. The first-order valence-corrected chi connectivity index (χ1v) is 9.38. The van der Waals surface area contributed by atoms with E-state index >= 15 is 0 Å². The molecule has 0 saturated carbocycles. The third kappa shape index (κ3) is 3.86. The zero-order valence-corrected chi connectivity index (χ0v) is 16.1. The van der Waals surface area contributed by atoms with Crippen LogP contribution in [0, 0.1) is 0 Å². The fraction of sp³-hybridized carbons (Fsp3) is 0. The molecule has 132 valence electrons. The van der Waals surface area contributed by atoms with Gasteiger partial charge in [0.05, 0.1) is 11.4 Å². The topological polar surface area (TPSA) is 64.9 Å². The molecule has 0 bridgehead atoms. The Hall–Kier alpha value is -3.11. The molecule has 1 heterocycles. The number of aromatic nitrogens is 1. The highest BCUT2D eigenvalue weighted by Crippen LogP contribution is 2.31. The van der Waals surface area contributed by atoms with E-state index in [9.17, 15) is 0 Å². The molecule has 27 heavy (non-hydrogen) atoms. The van der Waals surface area contributed by atoms with E-state index in [0.717, 1.165) is 49.5 Å². The van der Waals surface area contributed by atoms with E-state index in [1.54, 1.807) is 0 Å². The predicted octanol–water partition coefficient (Wildman–Crippen LogP) is 6.01. The summed E-state index contributed by atoms with van der Waals surface area (Å²) in [6.45, 7) is 0. The molecule has 0 aliphatic carbocycles. The fourth-order valence-corrected chi connectivity index (χ4v) is 3.21. The Kier molecular flexibility index (Phi) is 4.65. The number of benzene rings is 3. The van der Waals surface area contributed by atoms with E-state index in [4.69, 9.17) is 16.5 Å². The molecule has 1 aromatic heterocycles. The van der Waals surface area contributed by atoms with Crippen molar-refractivity contribution in [3.8, 4) is 33.6 Å². The number of halogens is 1. The van der Waals surface area contributed by atoms with Gasteiger partial charge in [0, 0.05) is 27.0 Å². The zero-order chi connectivity index (χ0) is 18.8. The second kappa shape index (κ2) is 7.25. The van der Waals surface area contributed by atoms with Gasteiger partial charge < -0.3 is 11.5 Å². The smallest absolute Gasteiger partial charge is 0.0715 e. The summed E-state index contributed by atoms with van der Waals surface area (Å²) >= 11 is 3.50. The molecule has 0 aliphatic heterocycles. The van der Waals surface area contributed by atoms with Crippen molar-refractivity contribution >= 4 is 27.3 Å². The van der Waals surface area contributed by atoms with Crippen molar-refractivity contribution in [3.05, 3.63) is 89.4 Å². The normalized spacial score (nSPS) is 10.7. The van der Waals surface area contributed by atoms with E-state index in [1.165, 1.54) is 0 Å². The van der Waals surface area contributed by atoms with Gasteiger partial charge in [0.15, 0.2) is 0 Å². The lowest BCUT2D eigenvalue weighted by atomic mass is 10.00. The molecule has 3 nitrogen and oxygen atoms in total. The first-order valence-electron chi connectivity index (χ1n) is 8.58. The maximum Gasteiger partial charge on any atom is 0.0715 e. The van der Waals surface area contributed by atoms with Crippen molar-refractivity contribution in [2.24, 2.45) is 0 Å². The van der Waals surface area contributed by atoms with E-state index in [0.29, 0.717) is 0 Å². The number of nitrogens with two attached hydrogens (primary N) is 2. The molecule has 0 atom stereocenters. The third-order valence-electron chi connectivity index (χ3n) is 4.42. The molecule has 0 aliphatic rings. The van der Waals surface area contributed by atoms with Crippen LogP contribution >= 0.6 is 15.9 Å². The summed E-state index contributed by atoms with van der Waals surface area (Å²) in [5, 5.41) is 0. The zero-order valence-electron chi connectivity index (χ0n) is 14.6. The van der Waals surface area contributed by atoms with Gasteiger partial charge in [0.25, 0.3) is 0 Å². The maximum atomic E-state index is 5.84. The number of nitrogens with zero attached hydrogens (tertiary/aromatic N) is 1. The Balaban J connectivity index is 1.89. The van der Waals surface area contributed by atoms with Crippen molar-refractivity contribution in [2.45, 2.75) is 0 Å². The summed E-state index contributed by atoms with van der Waals surface area (Å²) in [6, 6.07) is 28.1. The van der Waals surface area contributed by atoms with Crippen LogP contribution < -0.4 is 11.5 Å². The minimum atomic E-state index is 0.738. The molecular formula is C23H18BrN3. The second-order valence-corrected chi connectivity index (χ2v) is 7.29. The monoisotopic (exact) mass is 415 g/mol. The number of rotatable bonds is 3. The van der Waals surface area contributed by atoms with Crippen molar-refractivity contribution in [3.63, 3.8) is 0 Å². The molecule has 4 rings (SSSR count). The number of nitrogen functional groups attached to an aromatic ring is 2. The Bertz CT molecular complexity index is 916. The summed E-state index contributed by atoms with van der Waals surface area (Å²) in [6.07, 6.45) is 0. The van der Waals surface area contributed by atoms with Gasteiger partial charge in [-0.15, -0.1) is 0 Å². The van der Waals surface area contributed by atoms with Gasteiger partial charge in [0.1, 0.15) is 0 Å². The lowest BCUT2D eigenvalue weighted by molar-refractivity contribution is 1.32. The Morgan fingerprint density at radius 2 is 0.926 bits per heavy atom. The Morgan fingerprint density at radius 3 is 1.37 bits per heavy atom. The van der Waals surface area contributed by atoms with E-state index < -0.39 is 0 Å². The highest BCUT2D eigenvalue weighted by molar-refractivity contribution is 9.10. The number of hydrogen-bond acceptors (Lipinski definition) is 3. The molecule has 0 spiro atoms. The standard InChI is InChI=1S/C23H18BrN3/c24-19-7-1-15(2-8-19)18-13-22(16-3-9-20(25)10-4-16)27-23(14-18)17-5-11-21(26)12-6-17/h1-14H,25-26H2. The van der Waals surface area contributed by atoms with Gasteiger partial charge >= 0.3 is 0 Å². The van der Waals surface area contributed by atoms with Crippen LogP contribution in [0.25, 0.3) is 33.6 Å². The van der Waals surface area contributed by atoms with Gasteiger partial charge in [-0.05, 0) is 59.7 Å². The third-order valence-corrected chi connectivity index (χ3v) is 4.94. The molecule has 0 fully saturated rings. The fourth-order valence-electron chi connectivity index (χ4n) is 2.94. The van der Waals surface area contributed by atoms with E-state index in [1.807, 2.05) is 60.7 Å². The van der Waals surface area contributed by atoms with Crippen LogP contribution in [0.4, 0.5) is 11.4 Å². The van der Waals surface area contributed by atoms with E-state index in [-0.39, 0.29) is 0 Å². The lowest BCUT2D eigenvalue weighted by Gasteiger charge is -2.11. The van der Waals surface area contributed by atoms with Crippen LogP contribution in [-0.2, 0) is 0 Å². The average Bonchev–Trinajstić information content (AvgIpc) is 2.69. The molecule has 3 aromatic carbocycles. The molecule has 0 radical (unpaired) electrons. The highest BCUT2D eigenvalue weighted by atomic mass is 79.9. The lowest BCUT2D eigenvalue weighted by Crippen LogP contribution is -1.92. The second-order valence-electron chi connectivity index (χ2n) is 6.38.